The third-order valence-corrected chi connectivity index (χ3v) is 4.87. The van der Waals surface area contributed by atoms with Gasteiger partial charge < -0.3 is 5.32 Å². The zero-order chi connectivity index (χ0) is 15.1. The minimum absolute atomic E-state index is 0.149. The molecule has 0 spiro atoms. The third-order valence-electron chi connectivity index (χ3n) is 3.29. The highest BCUT2D eigenvalue weighted by atomic mass is 32.2. The SMILES string of the molecule is CCC(CCCCN=O)(Nc1ccccc1)S(=O)(=O)O. The molecule has 0 aliphatic carbocycles. The van der Waals surface area contributed by atoms with Gasteiger partial charge in [-0.15, -0.1) is 0 Å². The maximum Gasteiger partial charge on any atom is 0.289 e. The van der Waals surface area contributed by atoms with E-state index in [0.29, 0.717) is 18.5 Å². The molecule has 1 aromatic rings. The molecule has 0 aromatic heterocycles. The molecule has 0 radical (unpaired) electrons. The summed E-state index contributed by atoms with van der Waals surface area (Å²) >= 11 is 0. The molecule has 112 valence electrons. The molecule has 0 aliphatic rings. The maximum absolute atomic E-state index is 11.8. The lowest BCUT2D eigenvalue weighted by molar-refractivity contribution is 0.411. The molecule has 6 nitrogen and oxygen atoms in total. The van der Waals surface area contributed by atoms with Crippen molar-refractivity contribution in [3.8, 4) is 0 Å². The van der Waals surface area contributed by atoms with E-state index in [9.17, 15) is 17.9 Å². The predicted octanol–water partition coefficient (Wildman–Crippen LogP) is 3.03. The number of benzene rings is 1. The van der Waals surface area contributed by atoms with Crippen LogP contribution in [0.2, 0.25) is 0 Å². The molecule has 20 heavy (non-hydrogen) atoms. The van der Waals surface area contributed by atoms with E-state index in [1.165, 1.54) is 0 Å². The second-order valence-electron chi connectivity index (χ2n) is 4.62. The van der Waals surface area contributed by atoms with E-state index in [1.807, 2.05) is 6.07 Å². The van der Waals surface area contributed by atoms with Crippen molar-refractivity contribution in [1.29, 1.82) is 0 Å². The van der Waals surface area contributed by atoms with Crippen LogP contribution in [0.3, 0.4) is 0 Å². The number of para-hydroxylation sites is 1. The van der Waals surface area contributed by atoms with Crippen LogP contribution in [0.25, 0.3) is 0 Å². The van der Waals surface area contributed by atoms with E-state index >= 15 is 0 Å². The van der Waals surface area contributed by atoms with Crippen LogP contribution in [0.15, 0.2) is 35.5 Å². The summed E-state index contributed by atoms with van der Waals surface area (Å²) < 4.78 is 33.1. The zero-order valence-corrected chi connectivity index (χ0v) is 12.3. The minimum Gasteiger partial charge on any atom is -0.365 e. The highest BCUT2D eigenvalue weighted by Gasteiger charge is 2.40. The molecule has 0 bridgehead atoms. The topological polar surface area (TPSA) is 95.8 Å². The summed E-state index contributed by atoms with van der Waals surface area (Å²) in [6.45, 7) is 1.85. The standard InChI is InChI=1S/C13H20N2O4S/c1-2-13(20(17,18)19,10-6-7-11-14-16)15-12-8-4-3-5-9-12/h3-5,8-9,15H,2,6-7,10-11H2,1H3,(H,17,18,19). The van der Waals surface area contributed by atoms with Gasteiger partial charge >= 0.3 is 0 Å². The number of nitrogens with one attached hydrogen (secondary N) is 1. The molecular formula is C13H20N2O4S. The van der Waals surface area contributed by atoms with Crippen molar-refractivity contribution in [3.63, 3.8) is 0 Å². The van der Waals surface area contributed by atoms with Gasteiger partial charge in [-0.25, -0.2) is 0 Å². The highest BCUT2D eigenvalue weighted by molar-refractivity contribution is 7.87. The van der Waals surface area contributed by atoms with Gasteiger partial charge in [0.05, 0.1) is 6.54 Å². The van der Waals surface area contributed by atoms with Gasteiger partial charge in [0, 0.05) is 5.69 Å². The lowest BCUT2D eigenvalue weighted by atomic mass is 10.1. The van der Waals surface area contributed by atoms with Gasteiger partial charge in [0.15, 0.2) is 4.87 Å². The van der Waals surface area contributed by atoms with Crippen LogP contribution in [0.5, 0.6) is 0 Å². The summed E-state index contributed by atoms with van der Waals surface area (Å²) in [5.74, 6) is 0. The second kappa shape index (κ2) is 7.35. The summed E-state index contributed by atoms with van der Waals surface area (Å²) in [4.78, 5) is 8.62. The second-order valence-corrected chi connectivity index (χ2v) is 6.36. The minimum atomic E-state index is -4.28. The number of unbranched alkanes of at least 4 members (excludes halogenated alkanes) is 1. The first-order valence-corrected chi connectivity index (χ1v) is 7.98. The lowest BCUT2D eigenvalue weighted by Gasteiger charge is -2.31. The van der Waals surface area contributed by atoms with Crippen LogP contribution in [0, 0.1) is 4.91 Å². The van der Waals surface area contributed by atoms with Crippen molar-refractivity contribution in [2.75, 3.05) is 11.9 Å². The largest absolute Gasteiger partial charge is 0.365 e. The molecule has 1 unspecified atom stereocenters. The Morgan fingerprint density at radius 1 is 1.25 bits per heavy atom. The first-order valence-electron chi connectivity index (χ1n) is 6.54. The van der Waals surface area contributed by atoms with E-state index in [4.69, 9.17) is 0 Å². The lowest BCUT2D eigenvalue weighted by Crippen LogP contribution is -2.45. The quantitative estimate of drug-likeness (QED) is 0.415. The predicted molar refractivity (Wildman–Crippen MR) is 79.1 cm³/mol. The zero-order valence-electron chi connectivity index (χ0n) is 11.4. The smallest absolute Gasteiger partial charge is 0.289 e. The van der Waals surface area contributed by atoms with E-state index in [2.05, 4.69) is 10.5 Å². The average Bonchev–Trinajstić information content (AvgIpc) is 2.42. The molecule has 0 saturated carbocycles. The molecule has 1 atom stereocenters. The molecule has 0 aliphatic heterocycles. The van der Waals surface area contributed by atoms with Gasteiger partial charge in [-0.05, 0) is 37.8 Å². The Hall–Kier alpha value is -1.47. The Labute approximate surface area is 119 Å². The number of anilines is 1. The monoisotopic (exact) mass is 300 g/mol. The molecule has 2 N–H and O–H groups in total. The van der Waals surface area contributed by atoms with Crippen LogP contribution >= 0.6 is 0 Å². The molecule has 1 rings (SSSR count). The fourth-order valence-corrected chi connectivity index (χ4v) is 3.09. The van der Waals surface area contributed by atoms with Crippen molar-refractivity contribution in [2.24, 2.45) is 5.18 Å². The van der Waals surface area contributed by atoms with E-state index in [0.717, 1.165) is 0 Å². The molecule has 1 aromatic carbocycles. The van der Waals surface area contributed by atoms with Crippen molar-refractivity contribution < 1.29 is 13.0 Å². The number of nitroso groups, excluding NO2 is 1. The Morgan fingerprint density at radius 2 is 1.90 bits per heavy atom. The van der Waals surface area contributed by atoms with Gasteiger partial charge in [-0.1, -0.05) is 30.3 Å². The Balaban J connectivity index is 2.91. The van der Waals surface area contributed by atoms with Crippen LogP contribution in [-0.2, 0) is 10.1 Å². The van der Waals surface area contributed by atoms with Crippen molar-refractivity contribution in [1.82, 2.24) is 0 Å². The maximum atomic E-state index is 11.8. The van der Waals surface area contributed by atoms with Gasteiger partial charge in [0.2, 0.25) is 0 Å². The molecular weight excluding hydrogens is 280 g/mol. The van der Waals surface area contributed by atoms with Crippen molar-refractivity contribution in [2.45, 2.75) is 37.5 Å². The number of nitrogens with zero attached hydrogens (tertiary/aromatic N) is 1. The Morgan fingerprint density at radius 3 is 2.40 bits per heavy atom. The molecule has 7 heteroatoms. The van der Waals surface area contributed by atoms with E-state index in [-0.39, 0.29) is 19.4 Å². The summed E-state index contributed by atoms with van der Waals surface area (Å²) in [7, 11) is -4.28. The summed E-state index contributed by atoms with van der Waals surface area (Å²) in [5.41, 5.74) is 0.625. The molecule has 0 heterocycles. The number of hydrogen-bond acceptors (Lipinski definition) is 5. The Bertz CT molecular complexity index is 518. The Kier molecular flexibility index (Phi) is 6.09. The van der Waals surface area contributed by atoms with Crippen molar-refractivity contribution in [3.05, 3.63) is 35.2 Å². The van der Waals surface area contributed by atoms with Gasteiger partial charge in [-0.3, -0.25) is 4.55 Å². The van der Waals surface area contributed by atoms with Gasteiger partial charge in [0.25, 0.3) is 10.1 Å². The summed E-state index contributed by atoms with van der Waals surface area (Å²) in [5, 5.41) is 5.66. The van der Waals surface area contributed by atoms with E-state index < -0.39 is 15.0 Å². The third kappa shape index (κ3) is 4.28. The number of rotatable bonds is 9. The number of hydrogen-bond donors (Lipinski definition) is 2. The van der Waals surface area contributed by atoms with Crippen LogP contribution in [0.1, 0.15) is 32.6 Å². The normalized spacial score (nSPS) is 14.5. The fraction of sp³-hybridized carbons (Fsp3) is 0.538. The molecule has 0 amide bonds. The summed E-state index contributed by atoms with van der Waals surface area (Å²) in [6.07, 6.45) is 1.42. The summed E-state index contributed by atoms with van der Waals surface area (Å²) in [6, 6.07) is 8.86. The van der Waals surface area contributed by atoms with Crippen LogP contribution in [-0.4, -0.2) is 24.4 Å². The van der Waals surface area contributed by atoms with Gasteiger partial charge in [0.1, 0.15) is 0 Å². The van der Waals surface area contributed by atoms with Crippen LogP contribution in [0.4, 0.5) is 5.69 Å². The first-order chi connectivity index (χ1) is 9.45. The average molecular weight is 300 g/mol. The van der Waals surface area contributed by atoms with E-state index in [1.54, 1.807) is 31.2 Å². The fourth-order valence-electron chi connectivity index (χ4n) is 2.07. The van der Waals surface area contributed by atoms with Crippen LogP contribution < -0.4 is 5.32 Å². The molecule has 0 fully saturated rings. The highest BCUT2D eigenvalue weighted by Crippen LogP contribution is 2.29. The molecule has 0 saturated heterocycles. The van der Waals surface area contributed by atoms with Gasteiger partial charge in [-0.2, -0.15) is 13.3 Å². The van der Waals surface area contributed by atoms with Crippen molar-refractivity contribution >= 4 is 15.8 Å². The first kappa shape index (κ1) is 16.6.